The lowest BCUT2D eigenvalue weighted by Crippen LogP contribution is -2.19. The predicted octanol–water partition coefficient (Wildman–Crippen LogP) is 2.00. The average Bonchev–Trinajstić information content (AvgIpc) is 2.52. The standard InChI is InChI=1S/C13H18N2O/c1-5-9-7-11-12(8-10(9)6-2)15(4)13(16)14(11)3/h7-8H,5-6H2,1-4H3. The molecule has 0 saturated heterocycles. The van der Waals surface area contributed by atoms with E-state index in [-0.39, 0.29) is 5.69 Å². The van der Waals surface area contributed by atoms with Gasteiger partial charge in [-0.05, 0) is 36.1 Å². The minimum atomic E-state index is 0.0466. The molecule has 86 valence electrons. The van der Waals surface area contributed by atoms with Crippen molar-refractivity contribution in [3.8, 4) is 0 Å². The van der Waals surface area contributed by atoms with Gasteiger partial charge in [0.15, 0.2) is 0 Å². The summed E-state index contributed by atoms with van der Waals surface area (Å²) < 4.78 is 3.43. The van der Waals surface area contributed by atoms with Gasteiger partial charge in [0.2, 0.25) is 0 Å². The Morgan fingerprint density at radius 2 is 1.31 bits per heavy atom. The highest BCUT2D eigenvalue weighted by Gasteiger charge is 2.10. The van der Waals surface area contributed by atoms with Gasteiger partial charge in [-0.3, -0.25) is 9.13 Å². The summed E-state index contributed by atoms with van der Waals surface area (Å²) in [6, 6.07) is 4.30. The Hall–Kier alpha value is -1.51. The second-order valence-corrected chi connectivity index (χ2v) is 4.22. The normalized spacial score (nSPS) is 11.2. The first-order chi connectivity index (χ1) is 7.60. The van der Waals surface area contributed by atoms with Crippen LogP contribution in [0, 0.1) is 0 Å². The highest BCUT2D eigenvalue weighted by Crippen LogP contribution is 2.19. The summed E-state index contributed by atoms with van der Waals surface area (Å²) in [5.41, 5.74) is 4.79. The van der Waals surface area contributed by atoms with Gasteiger partial charge < -0.3 is 0 Å². The molecule has 1 heterocycles. The van der Waals surface area contributed by atoms with Crippen molar-refractivity contribution in [1.82, 2.24) is 9.13 Å². The Bertz CT molecular complexity index is 540. The maximum Gasteiger partial charge on any atom is 0.328 e. The largest absolute Gasteiger partial charge is 0.328 e. The number of hydrogen-bond donors (Lipinski definition) is 0. The van der Waals surface area contributed by atoms with E-state index in [1.807, 2.05) is 14.1 Å². The fourth-order valence-corrected chi connectivity index (χ4v) is 2.29. The van der Waals surface area contributed by atoms with E-state index in [0.717, 1.165) is 23.9 Å². The molecule has 0 atom stereocenters. The van der Waals surface area contributed by atoms with Crippen LogP contribution < -0.4 is 5.69 Å². The van der Waals surface area contributed by atoms with E-state index in [0.29, 0.717) is 0 Å². The third-order valence-corrected chi connectivity index (χ3v) is 3.36. The first-order valence-electron chi connectivity index (χ1n) is 5.77. The Labute approximate surface area is 95.3 Å². The summed E-state index contributed by atoms with van der Waals surface area (Å²) in [5, 5.41) is 0. The first kappa shape index (κ1) is 11.0. The van der Waals surface area contributed by atoms with E-state index in [2.05, 4.69) is 26.0 Å². The molecule has 0 aliphatic rings. The molecule has 1 aromatic heterocycles. The van der Waals surface area contributed by atoms with Gasteiger partial charge in [-0.15, -0.1) is 0 Å². The van der Waals surface area contributed by atoms with Crippen LogP contribution >= 0.6 is 0 Å². The molecule has 0 unspecified atom stereocenters. The van der Waals surface area contributed by atoms with Crippen molar-refractivity contribution in [1.29, 1.82) is 0 Å². The summed E-state index contributed by atoms with van der Waals surface area (Å²) in [5.74, 6) is 0. The number of imidazole rings is 1. The molecule has 0 radical (unpaired) electrons. The van der Waals surface area contributed by atoms with Gasteiger partial charge in [-0.1, -0.05) is 13.8 Å². The fourth-order valence-electron chi connectivity index (χ4n) is 2.29. The van der Waals surface area contributed by atoms with Crippen LogP contribution in [0.25, 0.3) is 11.0 Å². The van der Waals surface area contributed by atoms with Gasteiger partial charge in [0.1, 0.15) is 0 Å². The minimum Gasteiger partial charge on any atom is -0.295 e. The number of fused-ring (bicyclic) bond motifs is 1. The van der Waals surface area contributed by atoms with Crippen molar-refractivity contribution in [2.24, 2.45) is 14.1 Å². The lowest BCUT2D eigenvalue weighted by molar-refractivity contribution is 0.795. The molecule has 3 heteroatoms. The molecule has 0 spiro atoms. The van der Waals surface area contributed by atoms with Gasteiger partial charge in [0.05, 0.1) is 11.0 Å². The van der Waals surface area contributed by atoms with Crippen molar-refractivity contribution in [3.63, 3.8) is 0 Å². The van der Waals surface area contributed by atoms with Gasteiger partial charge in [0, 0.05) is 14.1 Å². The number of aromatic nitrogens is 2. The van der Waals surface area contributed by atoms with Crippen molar-refractivity contribution < 1.29 is 0 Å². The maximum absolute atomic E-state index is 11.8. The molecular formula is C13H18N2O. The lowest BCUT2D eigenvalue weighted by atomic mass is 10.0. The molecule has 0 fully saturated rings. The minimum absolute atomic E-state index is 0.0466. The Balaban J connectivity index is 2.89. The number of rotatable bonds is 2. The molecule has 2 aromatic rings. The number of hydrogen-bond acceptors (Lipinski definition) is 1. The van der Waals surface area contributed by atoms with Crippen LogP contribution in [0.5, 0.6) is 0 Å². The van der Waals surface area contributed by atoms with E-state index in [9.17, 15) is 4.79 Å². The fraction of sp³-hybridized carbons (Fsp3) is 0.462. The molecule has 0 aliphatic carbocycles. The van der Waals surface area contributed by atoms with Gasteiger partial charge in [0.25, 0.3) is 0 Å². The van der Waals surface area contributed by atoms with Crippen LogP contribution in [0.1, 0.15) is 25.0 Å². The zero-order valence-corrected chi connectivity index (χ0v) is 10.4. The van der Waals surface area contributed by atoms with Crippen molar-refractivity contribution in [2.45, 2.75) is 26.7 Å². The Morgan fingerprint density at radius 3 is 1.62 bits per heavy atom. The SMILES string of the molecule is CCc1cc2c(cc1CC)n(C)c(=O)n2C. The van der Waals surface area contributed by atoms with Gasteiger partial charge >= 0.3 is 5.69 Å². The third-order valence-electron chi connectivity index (χ3n) is 3.36. The second-order valence-electron chi connectivity index (χ2n) is 4.22. The maximum atomic E-state index is 11.8. The zero-order valence-electron chi connectivity index (χ0n) is 10.4. The van der Waals surface area contributed by atoms with E-state index in [1.54, 1.807) is 9.13 Å². The van der Waals surface area contributed by atoms with Gasteiger partial charge in [-0.2, -0.15) is 0 Å². The summed E-state index contributed by atoms with van der Waals surface area (Å²) in [6.07, 6.45) is 2.03. The third kappa shape index (κ3) is 1.39. The first-order valence-corrected chi connectivity index (χ1v) is 5.77. The predicted molar refractivity (Wildman–Crippen MR) is 66.9 cm³/mol. The number of benzene rings is 1. The molecule has 3 nitrogen and oxygen atoms in total. The topological polar surface area (TPSA) is 26.9 Å². The van der Waals surface area contributed by atoms with Crippen LogP contribution in [0.3, 0.4) is 0 Å². The zero-order chi connectivity index (χ0) is 11.9. The van der Waals surface area contributed by atoms with Crippen molar-refractivity contribution in [3.05, 3.63) is 33.7 Å². The van der Waals surface area contributed by atoms with Crippen LogP contribution in [-0.2, 0) is 26.9 Å². The summed E-state index contributed by atoms with van der Waals surface area (Å²) in [4.78, 5) is 11.8. The molecule has 16 heavy (non-hydrogen) atoms. The van der Waals surface area contributed by atoms with Crippen LogP contribution in [-0.4, -0.2) is 9.13 Å². The van der Waals surface area contributed by atoms with Crippen molar-refractivity contribution >= 4 is 11.0 Å². The van der Waals surface area contributed by atoms with Gasteiger partial charge in [-0.25, -0.2) is 4.79 Å². The Kier molecular flexibility index (Phi) is 2.62. The molecule has 1 aromatic carbocycles. The molecular weight excluding hydrogens is 200 g/mol. The second kappa shape index (κ2) is 3.81. The van der Waals surface area contributed by atoms with E-state index in [1.165, 1.54) is 11.1 Å². The summed E-state index contributed by atoms with van der Waals surface area (Å²) in [6.45, 7) is 4.31. The molecule has 0 bridgehead atoms. The quantitative estimate of drug-likeness (QED) is 0.757. The highest BCUT2D eigenvalue weighted by atomic mass is 16.1. The molecule has 0 aliphatic heterocycles. The van der Waals surface area contributed by atoms with Crippen LogP contribution in [0.4, 0.5) is 0 Å². The molecule has 0 amide bonds. The number of nitrogens with zero attached hydrogens (tertiary/aromatic N) is 2. The van der Waals surface area contributed by atoms with Crippen LogP contribution in [0.2, 0.25) is 0 Å². The van der Waals surface area contributed by atoms with E-state index < -0.39 is 0 Å². The molecule has 2 rings (SSSR count). The van der Waals surface area contributed by atoms with Crippen molar-refractivity contribution in [2.75, 3.05) is 0 Å². The molecule has 0 N–H and O–H groups in total. The van der Waals surface area contributed by atoms with E-state index >= 15 is 0 Å². The summed E-state index contributed by atoms with van der Waals surface area (Å²) in [7, 11) is 3.66. The summed E-state index contributed by atoms with van der Waals surface area (Å²) >= 11 is 0. The van der Waals surface area contributed by atoms with Crippen LogP contribution in [0.15, 0.2) is 16.9 Å². The monoisotopic (exact) mass is 218 g/mol. The average molecular weight is 218 g/mol. The smallest absolute Gasteiger partial charge is 0.295 e. The highest BCUT2D eigenvalue weighted by molar-refractivity contribution is 5.78. The molecule has 0 saturated carbocycles. The number of aryl methyl sites for hydroxylation is 4. The Morgan fingerprint density at radius 1 is 0.938 bits per heavy atom. The lowest BCUT2D eigenvalue weighted by Gasteiger charge is -2.06. The van der Waals surface area contributed by atoms with E-state index in [4.69, 9.17) is 0 Å².